The molecule has 0 radical (unpaired) electrons. The van der Waals surface area contributed by atoms with E-state index in [9.17, 15) is 14.4 Å². The lowest BCUT2D eigenvalue weighted by Crippen LogP contribution is -2.58. The van der Waals surface area contributed by atoms with Crippen LogP contribution in [0.5, 0.6) is 0 Å². The van der Waals surface area contributed by atoms with Gasteiger partial charge >= 0.3 is 6.03 Å². The summed E-state index contributed by atoms with van der Waals surface area (Å²) in [5, 5.41) is 3.61. The number of nitrogens with zero attached hydrogens (tertiary/aromatic N) is 5. The molecule has 3 fully saturated rings. The van der Waals surface area contributed by atoms with Crippen molar-refractivity contribution in [2.24, 2.45) is 11.8 Å². The van der Waals surface area contributed by atoms with Crippen molar-refractivity contribution in [3.05, 3.63) is 18.0 Å². The summed E-state index contributed by atoms with van der Waals surface area (Å²) in [6.45, 7) is 4.88. The average Bonchev–Trinajstić information content (AvgIpc) is 3.40. The lowest BCUT2D eigenvalue weighted by atomic mass is 9.75. The van der Waals surface area contributed by atoms with Crippen LogP contribution in [-0.2, 0) is 4.79 Å². The molecule has 1 aromatic rings. The van der Waals surface area contributed by atoms with E-state index < -0.39 is 0 Å². The molecule has 1 spiro atoms. The summed E-state index contributed by atoms with van der Waals surface area (Å²) in [6.07, 6.45) is 2.90. The predicted molar refractivity (Wildman–Crippen MR) is 99.4 cm³/mol. The molecule has 3 aliphatic rings. The molecular formula is C19H27N5O4. The van der Waals surface area contributed by atoms with Gasteiger partial charge in [0.2, 0.25) is 11.7 Å². The summed E-state index contributed by atoms with van der Waals surface area (Å²) in [7, 11) is 3.47. The minimum Gasteiger partial charge on any atom is -0.351 e. The van der Waals surface area contributed by atoms with Gasteiger partial charge in [-0.1, -0.05) is 5.16 Å². The van der Waals surface area contributed by atoms with Crippen LogP contribution in [0.25, 0.3) is 0 Å². The van der Waals surface area contributed by atoms with E-state index in [0.717, 1.165) is 12.8 Å². The van der Waals surface area contributed by atoms with Crippen molar-refractivity contribution in [1.29, 1.82) is 0 Å². The van der Waals surface area contributed by atoms with E-state index in [1.165, 1.54) is 6.20 Å². The van der Waals surface area contributed by atoms with E-state index in [0.29, 0.717) is 32.7 Å². The first kappa shape index (κ1) is 18.8. The van der Waals surface area contributed by atoms with Gasteiger partial charge in [0.25, 0.3) is 5.91 Å². The maximum Gasteiger partial charge on any atom is 0.319 e. The Morgan fingerprint density at radius 1 is 1.25 bits per heavy atom. The number of fused-ring (bicyclic) bond motifs is 2. The minimum atomic E-state index is -0.282. The van der Waals surface area contributed by atoms with Gasteiger partial charge in [0.05, 0.1) is 17.7 Å². The number of piperidine rings is 1. The summed E-state index contributed by atoms with van der Waals surface area (Å²) in [4.78, 5) is 45.3. The molecule has 28 heavy (non-hydrogen) atoms. The number of carbonyl (C=O) groups excluding carboxylic acids is 3. The van der Waals surface area contributed by atoms with Crippen molar-refractivity contribution in [1.82, 2.24) is 24.8 Å². The fourth-order valence-corrected chi connectivity index (χ4v) is 5.35. The Kier molecular flexibility index (Phi) is 4.55. The monoisotopic (exact) mass is 389 g/mol. The van der Waals surface area contributed by atoms with E-state index in [1.54, 1.807) is 34.9 Å². The van der Waals surface area contributed by atoms with Crippen LogP contribution in [0.15, 0.2) is 16.8 Å². The Hall–Kier alpha value is -2.58. The number of hydrogen-bond donors (Lipinski definition) is 0. The van der Waals surface area contributed by atoms with Gasteiger partial charge in [0.15, 0.2) is 0 Å². The van der Waals surface area contributed by atoms with Crippen LogP contribution >= 0.6 is 0 Å². The molecular weight excluding hydrogens is 362 g/mol. The molecule has 4 amide bonds. The van der Waals surface area contributed by atoms with Gasteiger partial charge in [0.1, 0.15) is 0 Å². The van der Waals surface area contributed by atoms with Gasteiger partial charge in [0, 0.05) is 58.8 Å². The standard InChI is InChI=1S/C19H27N5O4/c1-4-24-16(25)13-11-23(18(27)21(2)3)12-14(13)19(24)6-9-22(10-7-19)17(26)15-5-8-20-28-15/h5,8,13-14H,4,6-7,9-12H2,1-3H3/t13-,14-/m1/s1. The number of likely N-dealkylation sites (tertiary alicyclic amines) is 3. The van der Waals surface area contributed by atoms with Crippen LogP contribution in [-0.4, -0.2) is 95.0 Å². The zero-order valence-electron chi connectivity index (χ0n) is 16.6. The number of amides is 4. The van der Waals surface area contributed by atoms with Crippen molar-refractivity contribution >= 4 is 17.8 Å². The molecule has 0 N–H and O–H groups in total. The zero-order chi connectivity index (χ0) is 20.1. The highest BCUT2D eigenvalue weighted by Crippen LogP contribution is 2.49. The SMILES string of the molecule is CCN1C(=O)[C@@H]2CN(C(=O)N(C)C)C[C@H]2C12CCN(C(=O)c1ccno1)CC2. The molecule has 9 heteroatoms. The van der Waals surface area contributed by atoms with Crippen molar-refractivity contribution < 1.29 is 18.9 Å². The molecule has 3 aliphatic heterocycles. The van der Waals surface area contributed by atoms with Crippen LogP contribution < -0.4 is 0 Å². The number of rotatable bonds is 2. The van der Waals surface area contributed by atoms with Gasteiger partial charge in [-0.25, -0.2) is 4.79 Å². The summed E-state index contributed by atoms with van der Waals surface area (Å²) in [5.41, 5.74) is -0.282. The molecule has 0 bridgehead atoms. The highest BCUT2D eigenvalue weighted by atomic mass is 16.5. The van der Waals surface area contributed by atoms with Gasteiger partial charge < -0.3 is 24.1 Å². The molecule has 0 saturated carbocycles. The molecule has 3 saturated heterocycles. The smallest absolute Gasteiger partial charge is 0.319 e. The van der Waals surface area contributed by atoms with Gasteiger partial charge in [-0.15, -0.1) is 0 Å². The summed E-state index contributed by atoms with van der Waals surface area (Å²) >= 11 is 0. The third kappa shape index (κ3) is 2.67. The summed E-state index contributed by atoms with van der Waals surface area (Å²) in [6, 6.07) is 1.53. The Bertz CT molecular complexity index is 769. The third-order valence-corrected chi connectivity index (χ3v) is 6.67. The first-order valence-corrected chi connectivity index (χ1v) is 9.86. The maximum atomic E-state index is 13.1. The average molecular weight is 389 g/mol. The number of aromatic nitrogens is 1. The molecule has 0 unspecified atom stereocenters. The second kappa shape index (κ2) is 6.79. The summed E-state index contributed by atoms with van der Waals surface area (Å²) in [5.74, 6) is 0.211. The molecule has 2 atom stereocenters. The van der Waals surface area contributed by atoms with Crippen LogP contribution in [0.3, 0.4) is 0 Å². The molecule has 0 aromatic carbocycles. The Balaban J connectivity index is 1.53. The molecule has 4 heterocycles. The number of urea groups is 1. The van der Waals surface area contributed by atoms with E-state index in [4.69, 9.17) is 4.52 Å². The van der Waals surface area contributed by atoms with Crippen molar-refractivity contribution in [2.75, 3.05) is 46.8 Å². The predicted octanol–water partition coefficient (Wildman–Crippen LogP) is 0.741. The number of hydrogen-bond acceptors (Lipinski definition) is 5. The van der Waals surface area contributed by atoms with Gasteiger partial charge in [-0.2, -0.15) is 0 Å². The molecule has 152 valence electrons. The van der Waals surface area contributed by atoms with Gasteiger partial charge in [-0.3, -0.25) is 9.59 Å². The van der Waals surface area contributed by atoms with Crippen LogP contribution in [0.2, 0.25) is 0 Å². The van der Waals surface area contributed by atoms with Crippen LogP contribution in [0.1, 0.15) is 30.3 Å². The second-order valence-corrected chi connectivity index (χ2v) is 8.15. The quantitative estimate of drug-likeness (QED) is 0.744. The normalized spacial score (nSPS) is 26.1. The minimum absolute atomic E-state index is 0.0432. The van der Waals surface area contributed by atoms with E-state index in [1.807, 2.05) is 11.8 Å². The largest absolute Gasteiger partial charge is 0.351 e. The van der Waals surface area contributed by atoms with Crippen molar-refractivity contribution in [3.63, 3.8) is 0 Å². The fraction of sp³-hybridized carbons (Fsp3) is 0.684. The molecule has 9 nitrogen and oxygen atoms in total. The molecule has 4 rings (SSSR count). The highest BCUT2D eigenvalue weighted by Gasteiger charge is 2.62. The highest BCUT2D eigenvalue weighted by molar-refractivity contribution is 5.91. The number of carbonyl (C=O) groups is 3. The molecule has 0 aliphatic carbocycles. The van der Waals surface area contributed by atoms with E-state index in [2.05, 4.69) is 5.16 Å². The Morgan fingerprint density at radius 3 is 2.54 bits per heavy atom. The van der Waals surface area contributed by atoms with E-state index in [-0.39, 0.29) is 41.0 Å². The summed E-state index contributed by atoms with van der Waals surface area (Å²) < 4.78 is 5.00. The van der Waals surface area contributed by atoms with Crippen LogP contribution in [0, 0.1) is 11.8 Å². The third-order valence-electron chi connectivity index (χ3n) is 6.67. The topological polar surface area (TPSA) is 90.2 Å². The zero-order valence-corrected chi connectivity index (χ0v) is 16.6. The van der Waals surface area contributed by atoms with Crippen LogP contribution in [0.4, 0.5) is 4.79 Å². The van der Waals surface area contributed by atoms with E-state index >= 15 is 0 Å². The van der Waals surface area contributed by atoms with Crippen molar-refractivity contribution in [2.45, 2.75) is 25.3 Å². The Morgan fingerprint density at radius 2 is 1.96 bits per heavy atom. The fourth-order valence-electron chi connectivity index (χ4n) is 5.35. The first-order valence-electron chi connectivity index (χ1n) is 9.86. The lowest BCUT2D eigenvalue weighted by Gasteiger charge is -2.47. The Labute approximate surface area is 164 Å². The maximum absolute atomic E-state index is 13.1. The lowest BCUT2D eigenvalue weighted by molar-refractivity contribution is -0.135. The molecule has 1 aromatic heterocycles. The first-order chi connectivity index (χ1) is 13.4. The van der Waals surface area contributed by atoms with Gasteiger partial charge in [-0.05, 0) is 19.8 Å². The van der Waals surface area contributed by atoms with Crippen molar-refractivity contribution in [3.8, 4) is 0 Å². The second-order valence-electron chi connectivity index (χ2n) is 8.15.